The number of carbonyl (C=O) groups excluding carboxylic acids is 2. The van der Waals surface area contributed by atoms with Crippen molar-refractivity contribution in [3.05, 3.63) is 81.7 Å². The van der Waals surface area contributed by atoms with Crippen LogP contribution in [0.2, 0.25) is 0 Å². The molecule has 1 amide bonds. The summed E-state index contributed by atoms with van der Waals surface area (Å²) in [5, 5.41) is 2.28. The van der Waals surface area contributed by atoms with Gasteiger partial charge >= 0.3 is 5.97 Å². The highest BCUT2D eigenvalue weighted by Crippen LogP contribution is 2.06. The summed E-state index contributed by atoms with van der Waals surface area (Å²) in [4.78, 5) is 40.1. The number of esters is 1. The molecule has 8 heteroatoms. The summed E-state index contributed by atoms with van der Waals surface area (Å²) in [6.07, 6.45) is 0. The van der Waals surface area contributed by atoms with Gasteiger partial charge in [-0.2, -0.15) is 0 Å². The van der Waals surface area contributed by atoms with E-state index >= 15 is 0 Å². The van der Waals surface area contributed by atoms with E-state index < -0.39 is 24.2 Å². The number of halogens is 1. The van der Waals surface area contributed by atoms with Crippen molar-refractivity contribution in [1.29, 1.82) is 0 Å². The molecule has 2 aromatic heterocycles. The molecule has 0 aliphatic rings. The van der Waals surface area contributed by atoms with Gasteiger partial charge in [-0.15, -0.1) is 0 Å². The second kappa shape index (κ2) is 7.77. The molecule has 3 aromatic rings. The second-order valence-corrected chi connectivity index (χ2v) is 5.77. The molecule has 1 aromatic carbocycles. The summed E-state index contributed by atoms with van der Waals surface area (Å²) >= 11 is 0. The van der Waals surface area contributed by atoms with Gasteiger partial charge in [0.2, 0.25) is 0 Å². The summed E-state index contributed by atoms with van der Waals surface area (Å²) in [6.45, 7) is 1.14. The van der Waals surface area contributed by atoms with Gasteiger partial charge in [0, 0.05) is 11.8 Å². The maximum absolute atomic E-state index is 13.5. The molecule has 27 heavy (non-hydrogen) atoms. The number of amides is 1. The van der Waals surface area contributed by atoms with E-state index in [1.54, 1.807) is 25.1 Å². The third-order valence-electron chi connectivity index (χ3n) is 3.83. The molecule has 2 heterocycles. The molecule has 0 atom stereocenters. The fraction of sp³-hybridized carbons (Fsp3) is 0.158. The summed E-state index contributed by atoms with van der Waals surface area (Å²) in [6, 6.07) is 11.9. The van der Waals surface area contributed by atoms with Crippen molar-refractivity contribution >= 4 is 17.5 Å². The van der Waals surface area contributed by atoms with Crippen molar-refractivity contribution < 1.29 is 18.7 Å². The molecular formula is C19H16FN3O4. The maximum Gasteiger partial charge on any atom is 0.325 e. The van der Waals surface area contributed by atoms with Crippen LogP contribution in [0.1, 0.15) is 21.7 Å². The fourth-order valence-corrected chi connectivity index (χ4v) is 2.54. The number of pyridine rings is 1. The lowest BCUT2D eigenvalue weighted by Gasteiger charge is -2.08. The Hall–Kier alpha value is -3.55. The summed E-state index contributed by atoms with van der Waals surface area (Å²) in [5.74, 6) is -2.13. The van der Waals surface area contributed by atoms with Gasteiger partial charge in [-0.3, -0.25) is 18.8 Å². The SMILES string of the molecule is Cc1cccc2nc(COC(=O)CNC(=O)c3ccccc3F)cc(=O)n12. The molecule has 0 saturated heterocycles. The first-order valence-electron chi connectivity index (χ1n) is 8.12. The number of rotatable bonds is 5. The second-order valence-electron chi connectivity index (χ2n) is 5.77. The smallest absolute Gasteiger partial charge is 0.325 e. The van der Waals surface area contributed by atoms with Crippen LogP contribution in [0.25, 0.3) is 5.65 Å². The van der Waals surface area contributed by atoms with E-state index in [9.17, 15) is 18.8 Å². The average Bonchev–Trinajstić information content (AvgIpc) is 2.64. The van der Waals surface area contributed by atoms with Gasteiger partial charge in [-0.05, 0) is 31.2 Å². The summed E-state index contributed by atoms with van der Waals surface area (Å²) in [5.41, 5.74) is 1.03. The van der Waals surface area contributed by atoms with Crippen LogP contribution in [0.15, 0.2) is 53.3 Å². The lowest BCUT2D eigenvalue weighted by atomic mass is 10.2. The average molecular weight is 369 g/mol. The van der Waals surface area contributed by atoms with E-state index in [2.05, 4.69) is 10.3 Å². The molecule has 138 valence electrons. The quantitative estimate of drug-likeness (QED) is 0.690. The van der Waals surface area contributed by atoms with Crippen molar-refractivity contribution in [2.45, 2.75) is 13.5 Å². The molecule has 0 spiro atoms. The molecule has 0 fully saturated rings. The van der Waals surface area contributed by atoms with E-state index in [1.807, 2.05) is 0 Å². The van der Waals surface area contributed by atoms with Crippen LogP contribution in [-0.2, 0) is 16.1 Å². The third kappa shape index (κ3) is 4.17. The van der Waals surface area contributed by atoms with Crippen LogP contribution in [0, 0.1) is 12.7 Å². The molecule has 0 radical (unpaired) electrons. The zero-order chi connectivity index (χ0) is 19.4. The molecule has 0 bridgehead atoms. The van der Waals surface area contributed by atoms with Crippen LogP contribution < -0.4 is 10.9 Å². The van der Waals surface area contributed by atoms with Gasteiger partial charge in [0.25, 0.3) is 11.5 Å². The topological polar surface area (TPSA) is 89.8 Å². The monoisotopic (exact) mass is 369 g/mol. The minimum Gasteiger partial charge on any atom is -0.458 e. The number of fused-ring (bicyclic) bond motifs is 1. The largest absolute Gasteiger partial charge is 0.458 e. The van der Waals surface area contributed by atoms with E-state index in [1.165, 1.54) is 28.7 Å². The lowest BCUT2D eigenvalue weighted by molar-refractivity contribution is -0.143. The lowest BCUT2D eigenvalue weighted by Crippen LogP contribution is -2.31. The Morgan fingerprint density at radius 3 is 2.74 bits per heavy atom. The fourth-order valence-electron chi connectivity index (χ4n) is 2.54. The van der Waals surface area contributed by atoms with Crippen LogP contribution in [0.4, 0.5) is 4.39 Å². The Balaban J connectivity index is 1.60. The highest BCUT2D eigenvalue weighted by atomic mass is 19.1. The van der Waals surface area contributed by atoms with Crippen molar-refractivity contribution in [1.82, 2.24) is 14.7 Å². The third-order valence-corrected chi connectivity index (χ3v) is 3.83. The highest BCUT2D eigenvalue weighted by Gasteiger charge is 2.13. The normalized spacial score (nSPS) is 10.6. The summed E-state index contributed by atoms with van der Waals surface area (Å²) < 4.78 is 20.0. The molecule has 1 N–H and O–H groups in total. The van der Waals surface area contributed by atoms with Gasteiger partial charge in [-0.25, -0.2) is 9.37 Å². The zero-order valence-corrected chi connectivity index (χ0v) is 14.4. The maximum atomic E-state index is 13.5. The minimum atomic E-state index is -0.731. The Labute approximate surface area is 153 Å². The number of nitrogens with one attached hydrogen (secondary N) is 1. The summed E-state index contributed by atoms with van der Waals surface area (Å²) in [7, 11) is 0. The highest BCUT2D eigenvalue weighted by molar-refractivity contribution is 5.96. The van der Waals surface area contributed by atoms with E-state index in [0.717, 1.165) is 11.8 Å². The Bertz CT molecular complexity index is 1080. The van der Waals surface area contributed by atoms with E-state index in [-0.39, 0.29) is 17.7 Å². The molecule has 0 saturated carbocycles. The number of ether oxygens (including phenoxy) is 1. The number of carbonyl (C=O) groups is 2. The zero-order valence-electron chi connectivity index (χ0n) is 14.4. The van der Waals surface area contributed by atoms with Crippen molar-refractivity contribution in [2.24, 2.45) is 0 Å². The predicted molar refractivity (Wildman–Crippen MR) is 94.7 cm³/mol. The van der Waals surface area contributed by atoms with Gasteiger partial charge in [0.1, 0.15) is 24.6 Å². The van der Waals surface area contributed by atoms with Gasteiger partial charge in [0.15, 0.2) is 0 Å². The molecule has 7 nitrogen and oxygen atoms in total. The van der Waals surface area contributed by atoms with Gasteiger partial charge in [-0.1, -0.05) is 18.2 Å². The van der Waals surface area contributed by atoms with Crippen molar-refractivity contribution in [3.8, 4) is 0 Å². The first kappa shape index (κ1) is 18.2. The number of hydrogen-bond donors (Lipinski definition) is 1. The molecule has 0 unspecified atom stereocenters. The standard InChI is InChI=1S/C19H16FN3O4/c1-12-5-4-8-16-22-13(9-17(24)23(12)16)11-27-18(25)10-21-19(26)14-6-2-3-7-15(14)20/h2-9H,10-11H2,1H3,(H,21,26). The number of aromatic nitrogens is 2. The predicted octanol–water partition coefficient (Wildman–Crippen LogP) is 1.62. The van der Waals surface area contributed by atoms with Gasteiger partial charge < -0.3 is 10.1 Å². The molecule has 0 aliphatic heterocycles. The van der Waals surface area contributed by atoms with E-state index in [0.29, 0.717) is 11.3 Å². The minimum absolute atomic E-state index is 0.162. The van der Waals surface area contributed by atoms with Crippen LogP contribution in [0.5, 0.6) is 0 Å². The Morgan fingerprint density at radius 2 is 1.96 bits per heavy atom. The molecule has 3 rings (SSSR count). The van der Waals surface area contributed by atoms with Crippen molar-refractivity contribution in [3.63, 3.8) is 0 Å². The number of benzene rings is 1. The van der Waals surface area contributed by atoms with E-state index in [4.69, 9.17) is 4.74 Å². The Kier molecular flexibility index (Phi) is 5.25. The van der Waals surface area contributed by atoms with Crippen LogP contribution in [-0.4, -0.2) is 27.8 Å². The first-order valence-corrected chi connectivity index (χ1v) is 8.12. The first-order chi connectivity index (χ1) is 13.0. The van der Waals surface area contributed by atoms with Crippen molar-refractivity contribution in [2.75, 3.05) is 6.54 Å². The van der Waals surface area contributed by atoms with Gasteiger partial charge in [0.05, 0.1) is 11.3 Å². The van der Waals surface area contributed by atoms with Crippen LogP contribution in [0.3, 0.4) is 0 Å². The van der Waals surface area contributed by atoms with Crippen LogP contribution >= 0.6 is 0 Å². The molecule has 0 aliphatic carbocycles. The number of aryl methyl sites for hydroxylation is 1. The Morgan fingerprint density at radius 1 is 1.19 bits per heavy atom. The number of hydrogen-bond acceptors (Lipinski definition) is 5. The number of nitrogens with zero attached hydrogens (tertiary/aromatic N) is 2. The molecular weight excluding hydrogens is 353 g/mol.